The summed E-state index contributed by atoms with van der Waals surface area (Å²) in [6.07, 6.45) is 3.43. The van der Waals surface area contributed by atoms with Crippen LogP contribution < -0.4 is 21.1 Å². The Hall–Kier alpha value is -3.41. The maximum Gasteiger partial charge on any atom is 0.446 e. The van der Waals surface area contributed by atoms with Crippen LogP contribution in [0.15, 0.2) is 82.8 Å². The van der Waals surface area contributed by atoms with Crippen molar-refractivity contribution in [1.82, 2.24) is 15.1 Å². The van der Waals surface area contributed by atoms with E-state index in [1.165, 1.54) is 18.2 Å². The van der Waals surface area contributed by atoms with Gasteiger partial charge in [-0.25, -0.2) is 5.01 Å². The largest absolute Gasteiger partial charge is 0.446 e. The van der Waals surface area contributed by atoms with Gasteiger partial charge in [0, 0.05) is 54.6 Å². The van der Waals surface area contributed by atoms with Gasteiger partial charge in [0.1, 0.15) is 0 Å². The Balaban J connectivity index is 1.30. The van der Waals surface area contributed by atoms with Gasteiger partial charge >= 0.3 is 5.51 Å². The van der Waals surface area contributed by atoms with Gasteiger partial charge < -0.3 is 19.2 Å². The van der Waals surface area contributed by atoms with E-state index >= 15 is 0 Å². The van der Waals surface area contributed by atoms with Crippen LogP contribution in [0.5, 0.6) is 0 Å². The number of pyridine rings is 1. The first kappa shape index (κ1) is 25.2. The van der Waals surface area contributed by atoms with E-state index in [0.717, 1.165) is 37.4 Å². The van der Waals surface area contributed by atoms with Crippen LogP contribution in [0, 0.1) is 0 Å². The summed E-state index contributed by atoms with van der Waals surface area (Å²) >= 11 is -0.161. The van der Waals surface area contributed by atoms with E-state index in [4.69, 9.17) is 4.84 Å². The Morgan fingerprint density at radius 1 is 0.973 bits per heavy atom. The molecular weight excluding hydrogens is 503 g/mol. The van der Waals surface area contributed by atoms with Crippen molar-refractivity contribution in [3.63, 3.8) is 0 Å². The van der Waals surface area contributed by atoms with E-state index in [1.807, 2.05) is 12.1 Å². The van der Waals surface area contributed by atoms with Gasteiger partial charge in [-0.3, -0.25) is 4.79 Å². The van der Waals surface area contributed by atoms with Gasteiger partial charge in [-0.15, -0.1) is 0 Å². The van der Waals surface area contributed by atoms with Crippen molar-refractivity contribution in [2.75, 3.05) is 43.1 Å². The minimum absolute atomic E-state index is 0.101. The van der Waals surface area contributed by atoms with E-state index in [0.29, 0.717) is 23.6 Å². The van der Waals surface area contributed by atoms with Gasteiger partial charge in [0.2, 0.25) is 0 Å². The highest BCUT2D eigenvalue weighted by Gasteiger charge is 2.29. The van der Waals surface area contributed by atoms with Gasteiger partial charge in [0.05, 0.1) is 18.4 Å². The molecule has 194 valence electrons. The molecule has 2 aliphatic heterocycles. The quantitative estimate of drug-likeness (QED) is 0.472. The van der Waals surface area contributed by atoms with E-state index < -0.39 is 5.51 Å². The van der Waals surface area contributed by atoms with Crippen molar-refractivity contribution in [3.8, 4) is 0 Å². The normalized spacial score (nSPS) is 16.6. The lowest BCUT2D eigenvalue weighted by Gasteiger charge is -2.34. The highest BCUT2D eigenvalue weighted by Crippen LogP contribution is 2.37. The second-order valence-corrected chi connectivity index (χ2v) is 10.1. The molecule has 1 saturated heterocycles. The fourth-order valence-electron chi connectivity index (χ4n) is 4.25. The predicted molar refractivity (Wildman–Crippen MR) is 139 cm³/mol. The summed E-state index contributed by atoms with van der Waals surface area (Å²) in [5.41, 5.74) is 1.74. The number of likely N-dealkylation sites (N-methyl/N-ethyl adjacent to an activating group) is 1. The van der Waals surface area contributed by atoms with Crippen LogP contribution in [-0.2, 0) is 11.4 Å². The monoisotopic (exact) mass is 529 g/mol. The number of hydrogen-bond donors (Lipinski definition) is 1. The number of alkyl halides is 3. The Morgan fingerprint density at radius 3 is 2.46 bits per heavy atom. The Labute approximate surface area is 216 Å². The lowest BCUT2D eigenvalue weighted by molar-refractivity contribution is -0.0328. The van der Waals surface area contributed by atoms with Crippen molar-refractivity contribution in [1.29, 1.82) is 0 Å². The number of nitrogens with one attached hydrogen (secondary N) is 1. The molecule has 0 amide bonds. The third kappa shape index (κ3) is 6.30. The molecule has 3 heterocycles. The average Bonchev–Trinajstić information content (AvgIpc) is 3.36. The highest BCUT2D eigenvalue weighted by molar-refractivity contribution is 8.00. The number of piperazine rings is 1. The number of hydrogen-bond acceptors (Lipinski definition) is 7. The van der Waals surface area contributed by atoms with Crippen LogP contribution in [-0.4, -0.2) is 48.2 Å². The maximum atomic E-state index is 12.6. The van der Waals surface area contributed by atoms with Gasteiger partial charge in [-0.1, -0.05) is 17.7 Å². The van der Waals surface area contributed by atoms with Crippen molar-refractivity contribution in [2.45, 2.75) is 16.9 Å². The first-order valence-corrected chi connectivity index (χ1v) is 12.6. The Morgan fingerprint density at radius 2 is 1.73 bits per heavy atom. The number of thioether (sulfide) groups is 1. The standard InChI is InChI=1S/C26H26F3N5O2S/c1-31-11-13-32(14-12-31)22-4-2-3-19(15-22)16-33-17-20(5-10-25(33)35)24-18-34(30-36-24)21-6-8-23(9-7-21)37-26(27,28)29/h2-10,15,17-18,30H,11-14,16H2,1H3. The molecule has 0 atom stereocenters. The molecule has 0 unspecified atom stereocenters. The molecule has 1 aromatic heterocycles. The van der Waals surface area contributed by atoms with E-state index in [2.05, 4.69) is 34.6 Å². The Kier molecular flexibility index (Phi) is 7.18. The zero-order valence-electron chi connectivity index (χ0n) is 20.1. The summed E-state index contributed by atoms with van der Waals surface area (Å²) in [7, 11) is 2.12. The molecule has 3 aromatic rings. The molecule has 37 heavy (non-hydrogen) atoms. The van der Waals surface area contributed by atoms with Crippen LogP contribution >= 0.6 is 11.8 Å². The zero-order valence-corrected chi connectivity index (χ0v) is 20.9. The molecule has 11 heteroatoms. The van der Waals surface area contributed by atoms with E-state index in [-0.39, 0.29) is 22.2 Å². The van der Waals surface area contributed by atoms with Gasteiger partial charge in [-0.05, 0) is 66.8 Å². The molecule has 5 rings (SSSR count). The Bertz CT molecular complexity index is 1340. The number of anilines is 2. The maximum absolute atomic E-state index is 12.6. The van der Waals surface area contributed by atoms with Crippen molar-refractivity contribution in [2.24, 2.45) is 0 Å². The van der Waals surface area contributed by atoms with Crippen LogP contribution in [0.3, 0.4) is 0 Å². The van der Waals surface area contributed by atoms with Gasteiger partial charge in [0.15, 0.2) is 5.76 Å². The number of aromatic nitrogens is 1. The fourth-order valence-corrected chi connectivity index (χ4v) is 4.79. The third-order valence-electron chi connectivity index (χ3n) is 6.25. The summed E-state index contributed by atoms with van der Waals surface area (Å²) in [6, 6.07) is 17.4. The summed E-state index contributed by atoms with van der Waals surface area (Å²) < 4.78 is 39.4. The first-order valence-electron chi connectivity index (χ1n) is 11.8. The molecule has 1 N–H and O–H groups in total. The number of hydrazine groups is 1. The molecule has 0 spiro atoms. The fraction of sp³-hybridized carbons (Fsp3) is 0.269. The topological polar surface area (TPSA) is 53.0 Å². The second-order valence-electron chi connectivity index (χ2n) is 8.94. The third-order valence-corrected chi connectivity index (χ3v) is 6.99. The lowest BCUT2D eigenvalue weighted by Crippen LogP contribution is -2.44. The van der Waals surface area contributed by atoms with Gasteiger partial charge in [-0.2, -0.15) is 13.2 Å². The summed E-state index contributed by atoms with van der Waals surface area (Å²) in [6.45, 7) is 4.38. The number of nitrogens with zero attached hydrogens (tertiary/aromatic N) is 4. The number of rotatable bonds is 6. The number of halogens is 3. The first-order chi connectivity index (χ1) is 17.7. The highest BCUT2D eigenvalue weighted by atomic mass is 32.2. The predicted octanol–water partition coefficient (Wildman–Crippen LogP) is 4.52. The molecule has 0 aliphatic carbocycles. The summed E-state index contributed by atoms with van der Waals surface area (Å²) in [4.78, 5) is 23.0. The van der Waals surface area contributed by atoms with Crippen LogP contribution in [0.1, 0.15) is 11.1 Å². The molecule has 2 aliphatic rings. The molecule has 7 nitrogen and oxygen atoms in total. The minimum atomic E-state index is -4.33. The molecule has 0 bridgehead atoms. The van der Waals surface area contributed by atoms with Crippen molar-refractivity contribution >= 4 is 28.9 Å². The van der Waals surface area contributed by atoms with Crippen LogP contribution in [0.4, 0.5) is 24.5 Å². The zero-order chi connectivity index (χ0) is 26.0. The summed E-state index contributed by atoms with van der Waals surface area (Å²) in [5, 5.41) is 1.56. The molecule has 0 saturated carbocycles. The SMILES string of the molecule is CN1CCN(c2cccc(Cn3cc(C4=CN(c5ccc(SC(F)(F)F)cc5)NO4)ccc3=O)c2)CC1. The molecule has 2 aromatic carbocycles. The molecule has 0 radical (unpaired) electrons. The van der Waals surface area contributed by atoms with Crippen LogP contribution in [0.25, 0.3) is 5.76 Å². The van der Waals surface area contributed by atoms with E-state index in [9.17, 15) is 18.0 Å². The van der Waals surface area contributed by atoms with Crippen molar-refractivity contribution in [3.05, 3.63) is 94.5 Å². The van der Waals surface area contributed by atoms with Crippen LogP contribution in [0.2, 0.25) is 0 Å². The lowest BCUT2D eigenvalue weighted by atomic mass is 10.1. The van der Waals surface area contributed by atoms with Crippen molar-refractivity contribution < 1.29 is 18.0 Å². The van der Waals surface area contributed by atoms with E-state index in [1.54, 1.807) is 40.2 Å². The minimum Gasteiger partial charge on any atom is -0.386 e. The van der Waals surface area contributed by atoms with Gasteiger partial charge in [0.25, 0.3) is 5.56 Å². The molecular formula is C26H26F3N5O2S. The summed E-state index contributed by atoms with van der Waals surface area (Å²) in [5.74, 6) is 0.480. The smallest absolute Gasteiger partial charge is 0.386 e. The molecule has 1 fully saturated rings. The number of benzene rings is 2. The second kappa shape index (κ2) is 10.5. The average molecular weight is 530 g/mol.